The highest BCUT2D eigenvalue weighted by Gasteiger charge is 2.38. The molecule has 5 rings (SSSR count). The smallest absolute Gasteiger partial charge is 0.240 e. The standard InChI is InChI=1S/C25H22ClN5O2S/c1-15-8-6-7-11-19(15)27-24(32)22-21(17-12-13-20(33-2)18(26)14-17)30-31-23(28-29-25(31)34-22)16-9-4-3-5-10-16/h3-14,21-22,30H,1-2H3,(H,27,32)/t21-,22-/m0/s1. The fourth-order valence-corrected chi connectivity index (χ4v) is 5.22. The van der Waals surface area contributed by atoms with Gasteiger partial charge >= 0.3 is 0 Å². The van der Waals surface area contributed by atoms with Gasteiger partial charge in [0.25, 0.3) is 0 Å². The fourth-order valence-electron chi connectivity index (χ4n) is 3.87. The summed E-state index contributed by atoms with van der Waals surface area (Å²) in [6.07, 6.45) is 0. The predicted molar refractivity (Wildman–Crippen MR) is 135 cm³/mol. The maximum absolute atomic E-state index is 13.5. The highest BCUT2D eigenvalue weighted by atomic mass is 35.5. The zero-order chi connectivity index (χ0) is 23.7. The summed E-state index contributed by atoms with van der Waals surface area (Å²) in [6, 6.07) is 22.6. The Morgan fingerprint density at radius 1 is 1.09 bits per heavy atom. The molecule has 34 heavy (non-hydrogen) atoms. The van der Waals surface area contributed by atoms with Crippen molar-refractivity contribution in [1.82, 2.24) is 14.9 Å². The molecule has 0 aliphatic carbocycles. The maximum atomic E-state index is 13.5. The molecule has 0 unspecified atom stereocenters. The fraction of sp³-hybridized carbons (Fsp3) is 0.160. The average molecular weight is 492 g/mol. The first-order chi connectivity index (χ1) is 16.5. The van der Waals surface area contributed by atoms with E-state index in [1.54, 1.807) is 13.2 Å². The van der Waals surface area contributed by atoms with Gasteiger partial charge in [0.05, 0.1) is 18.2 Å². The molecular weight excluding hydrogens is 470 g/mol. The van der Waals surface area contributed by atoms with Crippen molar-refractivity contribution in [2.45, 2.75) is 23.4 Å². The number of anilines is 1. The molecule has 2 atom stereocenters. The van der Waals surface area contributed by atoms with Crippen molar-refractivity contribution >= 4 is 35.0 Å². The van der Waals surface area contributed by atoms with E-state index in [4.69, 9.17) is 16.3 Å². The Kier molecular flexibility index (Phi) is 6.17. The number of benzene rings is 3. The quantitative estimate of drug-likeness (QED) is 0.393. The molecule has 7 nitrogen and oxygen atoms in total. The second-order valence-corrected chi connectivity index (χ2v) is 9.37. The molecule has 0 radical (unpaired) electrons. The van der Waals surface area contributed by atoms with E-state index >= 15 is 0 Å². The molecule has 3 aromatic carbocycles. The second-order valence-electron chi connectivity index (χ2n) is 7.85. The number of para-hydroxylation sites is 1. The molecule has 2 heterocycles. The molecule has 1 aliphatic heterocycles. The number of thioether (sulfide) groups is 1. The monoisotopic (exact) mass is 491 g/mol. The molecule has 0 bridgehead atoms. The van der Waals surface area contributed by atoms with Gasteiger partial charge in [0.2, 0.25) is 11.1 Å². The van der Waals surface area contributed by atoms with Gasteiger partial charge in [-0.15, -0.1) is 10.2 Å². The van der Waals surface area contributed by atoms with E-state index < -0.39 is 11.3 Å². The van der Waals surface area contributed by atoms with Crippen LogP contribution < -0.4 is 15.5 Å². The summed E-state index contributed by atoms with van der Waals surface area (Å²) in [5, 5.41) is 12.4. The first-order valence-electron chi connectivity index (χ1n) is 10.7. The van der Waals surface area contributed by atoms with Gasteiger partial charge in [-0.2, -0.15) is 0 Å². The molecule has 0 fully saturated rings. The lowest BCUT2D eigenvalue weighted by Gasteiger charge is -2.33. The van der Waals surface area contributed by atoms with Crippen LogP contribution in [0.1, 0.15) is 17.2 Å². The molecule has 1 aliphatic rings. The molecule has 172 valence electrons. The predicted octanol–water partition coefficient (Wildman–Crippen LogP) is 5.31. The van der Waals surface area contributed by atoms with E-state index in [9.17, 15) is 4.79 Å². The highest BCUT2D eigenvalue weighted by Crippen LogP contribution is 2.40. The minimum absolute atomic E-state index is 0.140. The van der Waals surface area contributed by atoms with E-state index in [2.05, 4.69) is 20.9 Å². The van der Waals surface area contributed by atoms with Crippen LogP contribution in [0.3, 0.4) is 0 Å². The largest absolute Gasteiger partial charge is 0.495 e. The Bertz CT molecular complexity index is 1340. The lowest BCUT2D eigenvalue weighted by atomic mass is 10.0. The summed E-state index contributed by atoms with van der Waals surface area (Å²) in [7, 11) is 1.57. The van der Waals surface area contributed by atoms with Crippen molar-refractivity contribution in [2.75, 3.05) is 17.9 Å². The van der Waals surface area contributed by atoms with Crippen molar-refractivity contribution < 1.29 is 9.53 Å². The number of halogens is 1. The van der Waals surface area contributed by atoms with Crippen LogP contribution in [0.25, 0.3) is 11.4 Å². The van der Waals surface area contributed by atoms with E-state index in [1.807, 2.05) is 78.3 Å². The first kappa shape index (κ1) is 22.3. The van der Waals surface area contributed by atoms with Crippen LogP contribution in [0.5, 0.6) is 5.75 Å². The van der Waals surface area contributed by atoms with Crippen molar-refractivity contribution in [3.8, 4) is 17.1 Å². The van der Waals surface area contributed by atoms with E-state index in [1.165, 1.54) is 11.8 Å². The first-order valence-corrected chi connectivity index (χ1v) is 11.9. The number of rotatable bonds is 5. The molecule has 2 N–H and O–H groups in total. The number of methoxy groups -OCH3 is 1. The van der Waals surface area contributed by atoms with Crippen molar-refractivity contribution in [2.24, 2.45) is 0 Å². The Morgan fingerprint density at radius 2 is 1.85 bits per heavy atom. The summed E-state index contributed by atoms with van der Waals surface area (Å²) in [4.78, 5) is 13.5. The van der Waals surface area contributed by atoms with Crippen LogP contribution in [-0.4, -0.2) is 33.1 Å². The van der Waals surface area contributed by atoms with Crippen LogP contribution in [-0.2, 0) is 4.79 Å². The molecule has 9 heteroatoms. The summed E-state index contributed by atoms with van der Waals surface area (Å²) >= 11 is 7.81. The lowest BCUT2D eigenvalue weighted by Crippen LogP contribution is -2.41. The van der Waals surface area contributed by atoms with Gasteiger partial charge in [-0.25, -0.2) is 4.68 Å². The number of aromatic nitrogens is 3. The van der Waals surface area contributed by atoms with Crippen LogP contribution >= 0.6 is 23.4 Å². The maximum Gasteiger partial charge on any atom is 0.240 e. The topological polar surface area (TPSA) is 81.1 Å². The number of hydrogen-bond donors (Lipinski definition) is 2. The third-order valence-corrected chi connectivity index (χ3v) is 7.18. The summed E-state index contributed by atoms with van der Waals surface area (Å²) in [5.41, 5.74) is 7.00. The summed E-state index contributed by atoms with van der Waals surface area (Å²) in [5.74, 6) is 1.11. The van der Waals surface area contributed by atoms with Crippen molar-refractivity contribution in [3.63, 3.8) is 0 Å². The third kappa shape index (κ3) is 4.22. The Morgan fingerprint density at radius 3 is 2.59 bits per heavy atom. The molecular formula is C25H22ClN5O2S. The van der Waals surface area contributed by atoms with Gasteiger partial charge in [-0.3, -0.25) is 4.79 Å². The SMILES string of the molecule is COc1ccc([C@@H]2Nn3c(nnc3-c3ccccc3)S[C@@H]2C(=O)Nc2ccccc2C)cc1Cl. The Balaban J connectivity index is 1.54. The zero-order valence-electron chi connectivity index (χ0n) is 18.5. The Labute approximate surface area is 206 Å². The van der Waals surface area contributed by atoms with Gasteiger partial charge in [-0.05, 0) is 36.2 Å². The zero-order valence-corrected chi connectivity index (χ0v) is 20.1. The molecule has 0 saturated carbocycles. The van der Waals surface area contributed by atoms with Crippen LogP contribution in [0.15, 0.2) is 78.0 Å². The highest BCUT2D eigenvalue weighted by molar-refractivity contribution is 8.00. The number of carbonyl (C=O) groups is 1. The molecule has 1 amide bonds. The van der Waals surface area contributed by atoms with Crippen molar-refractivity contribution in [1.29, 1.82) is 0 Å². The van der Waals surface area contributed by atoms with Gasteiger partial charge in [-0.1, -0.05) is 78.0 Å². The lowest BCUT2D eigenvalue weighted by molar-refractivity contribution is -0.116. The second kappa shape index (κ2) is 9.40. The molecule has 1 aromatic heterocycles. The minimum atomic E-state index is -0.524. The van der Waals surface area contributed by atoms with Gasteiger partial charge < -0.3 is 15.5 Å². The molecule has 4 aromatic rings. The van der Waals surface area contributed by atoms with Gasteiger partial charge in [0.1, 0.15) is 11.0 Å². The Hall–Kier alpha value is -3.49. The van der Waals surface area contributed by atoms with Gasteiger partial charge in [0, 0.05) is 11.3 Å². The molecule has 0 saturated heterocycles. The number of hydrogen-bond acceptors (Lipinski definition) is 6. The van der Waals surface area contributed by atoms with Crippen molar-refractivity contribution in [3.05, 3.63) is 88.9 Å². The van der Waals surface area contributed by atoms with Gasteiger partial charge in [0.15, 0.2) is 5.82 Å². The number of aryl methyl sites for hydroxylation is 1. The van der Waals surface area contributed by atoms with E-state index in [0.29, 0.717) is 21.8 Å². The minimum Gasteiger partial charge on any atom is -0.495 e. The van der Waals surface area contributed by atoms with Crippen LogP contribution in [0, 0.1) is 6.92 Å². The average Bonchev–Trinajstić information content (AvgIpc) is 3.28. The number of ether oxygens (including phenoxy) is 1. The van der Waals surface area contributed by atoms with Crippen LogP contribution in [0.4, 0.5) is 5.69 Å². The van der Waals surface area contributed by atoms with E-state index in [-0.39, 0.29) is 5.91 Å². The number of fused-ring (bicyclic) bond motifs is 1. The number of nitrogens with zero attached hydrogens (tertiary/aromatic N) is 3. The number of nitrogens with one attached hydrogen (secondary N) is 2. The third-order valence-electron chi connectivity index (χ3n) is 5.66. The number of carbonyl (C=O) groups excluding carboxylic acids is 1. The van der Waals surface area contributed by atoms with E-state index in [0.717, 1.165) is 22.4 Å². The normalized spacial score (nSPS) is 16.9. The molecule has 0 spiro atoms. The summed E-state index contributed by atoms with van der Waals surface area (Å²) in [6.45, 7) is 1.96. The number of amides is 1. The van der Waals surface area contributed by atoms with Crippen LogP contribution in [0.2, 0.25) is 5.02 Å². The summed E-state index contributed by atoms with van der Waals surface area (Å²) < 4.78 is 7.15.